The summed E-state index contributed by atoms with van der Waals surface area (Å²) in [4.78, 5) is 8.56. The molecule has 3 rings (SSSR count). The molecule has 0 spiro atoms. The number of aromatic nitrogens is 2. The Morgan fingerprint density at radius 1 is 1.15 bits per heavy atom. The van der Waals surface area contributed by atoms with Gasteiger partial charge in [0, 0.05) is 11.8 Å². The van der Waals surface area contributed by atoms with E-state index in [-0.39, 0.29) is 0 Å². The van der Waals surface area contributed by atoms with Gasteiger partial charge in [-0.3, -0.25) is 0 Å². The molecule has 0 N–H and O–H groups in total. The fourth-order valence-electron chi connectivity index (χ4n) is 2.33. The van der Waals surface area contributed by atoms with E-state index in [0.29, 0.717) is 5.02 Å². The van der Waals surface area contributed by atoms with Gasteiger partial charge in [-0.2, -0.15) is 0 Å². The lowest BCUT2D eigenvalue weighted by atomic mass is 9.97. The molecule has 2 nitrogen and oxygen atoms in total. The van der Waals surface area contributed by atoms with Crippen molar-refractivity contribution >= 4 is 17.2 Å². The highest BCUT2D eigenvalue weighted by atomic mass is 35.5. The van der Waals surface area contributed by atoms with Gasteiger partial charge in [-0.25, -0.2) is 9.97 Å². The molecule has 1 heterocycles. The molecule has 1 aromatic heterocycles. The Morgan fingerprint density at radius 3 is 2.80 bits per heavy atom. The molecule has 0 radical (unpaired) electrons. The lowest BCUT2D eigenvalue weighted by molar-refractivity contribution is 1.04. The van der Waals surface area contributed by atoms with Crippen molar-refractivity contribution in [1.82, 2.24) is 9.97 Å². The van der Waals surface area contributed by atoms with Crippen LogP contribution in [-0.2, 0) is 0 Å². The predicted octanol–water partition coefficient (Wildman–Crippen LogP) is 4.84. The first kappa shape index (κ1) is 13.1. The fraction of sp³-hybridized carbons (Fsp3) is 0.176. The Bertz CT molecular complexity index is 702. The standard InChI is InChI=1S/C17H15ClN2/c1-12-19-11-16(18)17(20-12)15-9-5-8-14(10-15)13-6-3-2-4-7-13/h3,5-11H,2,4H2,1H3. The van der Waals surface area contributed by atoms with Crippen LogP contribution in [0, 0.1) is 6.92 Å². The molecule has 100 valence electrons. The van der Waals surface area contributed by atoms with Gasteiger partial charge in [-0.1, -0.05) is 48.0 Å². The number of allylic oxidation sites excluding steroid dienone is 4. The summed E-state index contributed by atoms with van der Waals surface area (Å²) in [6.07, 6.45) is 10.5. The predicted molar refractivity (Wildman–Crippen MR) is 83.6 cm³/mol. The molecule has 20 heavy (non-hydrogen) atoms. The molecule has 0 bridgehead atoms. The topological polar surface area (TPSA) is 25.8 Å². The van der Waals surface area contributed by atoms with Gasteiger partial charge in [0.15, 0.2) is 0 Å². The zero-order valence-corrected chi connectivity index (χ0v) is 12.1. The van der Waals surface area contributed by atoms with Crippen LogP contribution in [0.5, 0.6) is 0 Å². The minimum Gasteiger partial charge on any atom is -0.240 e. The summed E-state index contributed by atoms with van der Waals surface area (Å²) in [6.45, 7) is 1.87. The average molecular weight is 283 g/mol. The van der Waals surface area contributed by atoms with Gasteiger partial charge in [-0.05, 0) is 37.0 Å². The fourth-order valence-corrected chi connectivity index (χ4v) is 2.53. The number of hydrogen-bond donors (Lipinski definition) is 0. The number of halogens is 1. The lowest BCUT2D eigenvalue weighted by Crippen LogP contribution is -1.93. The third-order valence-corrected chi connectivity index (χ3v) is 3.61. The van der Waals surface area contributed by atoms with Gasteiger partial charge in [0.2, 0.25) is 0 Å². The Balaban J connectivity index is 2.05. The first-order valence-corrected chi connectivity index (χ1v) is 7.08. The Hall–Kier alpha value is -1.93. The van der Waals surface area contributed by atoms with Crippen molar-refractivity contribution in [2.75, 3.05) is 0 Å². The first-order chi connectivity index (χ1) is 9.74. The van der Waals surface area contributed by atoms with Gasteiger partial charge in [0.25, 0.3) is 0 Å². The molecule has 0 atom stereocenters. The van der Waals surface area contributed by atoms with Crippen LogP contribution in [0.15, 0.2) is 48.7 Å². The lowest BCUT2D eigenvalue weighted by Gasteiger charge is -2.10. The number of nitrogens with zero attached hydrogens (tertiary/aromatic N) is 2. The van der Waals surface area contributed by atoms with E-state index in [1.165, 1.54) is 11.1 Å². The number of rotatable bonds is 2. The highest BCUT2D eigenvalue weighted by molar-refractivity contribution is 6.32. The molecular formula is C17H15ClN2. The Kier molecular flexibility index (Phi) is 3.66. The van der Waals surface area contributed by atoms with Gasteiger partial charge in [0.1, 0.15) is 5.82 Å². The van der Waals surface area contributed by atoms with Gasteiger partial charge >= 0.3 is 0 Å². The molecule has 0 amide bonds. The van der Waals surface area contributed by atoms with E-state index in [1.807, 2.05) is 19.1 Å². The second-order valence-electron chi connectivity index (χ2n) is 4.83. The number of benzene rings is 1. The van der Waals surface area contributed by atoms with Crippen molar-refractivity contribution in [3.63, 3.8) is 0 Å². The van der Waals surface area contributed by atoms with Crippen LogP contribution in [-0.4, -0.2) is 9.97 Å². The van der Waals surface area contributed by atoms with Crippen LogP contribution in [0.2, 0.25) is 5.02 Å². The zero-order chi connectivity index (χ0) is 13.9. The monoisotopic (exact) mass is 282 g/mol. The molecule has 0 saturated heterocycles. The molecule has 3 heteroatoms. The summed E-state index contributed by atoms with van der Waals surface area (Å²) in [6, 6.07) is 8.33. The second kappa shape index (κ2) is 5.59. The van der Waals surface area contributed by atoms with E-state index < -0.39 is 0 Å². The van der Waals surface area contributed by atoms with Crippen LogP contribution >= 0.6 is 11.6 Å². The Morgan fingerprint density at radius 2 is 2.00 bits per heavy atom. The van der Waals surface area contributed by atoms with Crippen LogP contribution in [0.25, 0.3) is 16.8 Å². The molecule has 2 aromatic rings. The minimum absolute atomic E-state index is 0.584. The van der Waals surface area contributed by atoms with Gasteiger partial charge in [0.05, 0.1) is 10.7 Å². The number of aryl methyl sites for hydroxylation is 1. The normalized spacial score (nSPS) is 14.2. The van der Waals surface area contributed by atoms with E-state index >= 15 is 0 Å². The van der Waals surface area contributed by atoms with E-state index in [2.05, 4.69) is 40.3 Å². The van der Waals surface area contributed by atoms with Crippen molar-refractivity contribution in [1.29, 1.82) is 0 Å². The van der Waals surface area contributed by atoms with Gasteiger partial charge in [-0.15, -0.1) is 0 Å². The molecular weight excluding hydrogens is 268 g/mol. The third kappa shape index (κ3) is 2.66. The largest absolute Gasteiger partial charge is 0.240 e. The third-order valence-electron chi connectivity index (χ3n) is 3.33. The SMILES string of the molecule is Cc1ncc(Cl)c(-c2cccc(C3=CCCC=C3)c2)n1. The van der Waals surface area contributed by atoms with Crippen molar-refractivity contribution in [3.05, 3.63) is 65.1 Å². The van der Waals surface area contributed by atoms with E-state index in [9.17, 15) is 0 Å². The summed E-state index contributed by atoms with van der Waals surface area (Å²) < 4.78 is 0. The molecule has 1 aromatic carbocycles. The number of hydrogen-bond acceptors (Lipinski definition) is 2. The van der Waals surface area contributed by atoms with Crippen LogP contribution < -0.4 is 0 Å². The van der Waals surface area contributed by atoms with E-state index in [4.69, 9.17) is 11.6 Å². The molecule has 1 aliphatic rings. The summed E-state index contributed by atoms with van der Waals surface area (Å²) in [5.74, 6) is 0.728. The van der Waals surface area contributed by atoms with E-state index in [0.717, 1.165) is 29.9 Å². The zero-order valence-electron chi connectivity index (χ0n) is 11.3. The summed E-state index contributed by atoms with van der Waals surface area (Å²) in [5, 5.41) is 0.584. The summed E-state index contributed by atoms with van der Waals surface area (Å²) in [5.41, 5.74) is 4.28. The highest BCUT2D eigenvalue weighted by Crippen LogP contribution is 2.29. The Labute approximate surface area is 123 Å². The van der Waals surface area contributed by atoms with Crippen LogP contribution in [0.1, 0.15) is 24.2 Å². The van der Waals surface area contributed by atoms with E-state index in [1.54, 1.807) is 6.20 Å². The quantitative estimate of drug-likeness (QED) is 0.788. The van der Waals surface area contributed by atoms with Gasteiger partial charge < -0.3 is 0 Å². The minimum atomic E-state index is 0.584. The smallest absolute Gasteiger partial charge is 0.125 e. The van der Waals surface area contributed by atoms with Crippen molar-refractivity contribution in [3.8, 4) is 11.3 Å². The average Bonchev–Trinajstić information content (AvgIpc) is 2.51. The van der Waals surface area contributed by atoms with Crippen LogP contribution in [0.3, 0.4) is 0 Å². The molecule has 1 aliphatic carbocycles. The summed E-state index contributed by atoms with van der Waals surface area (Å²) >= 11 is 6.22. The maximum absolute atomic E-state index is 6.22. The molecule has 0 fully saturated rings. The first-order valence-electron chi connectivity index (χ1n) is 6.71. The highest BCUT2D eigenvalue weighted by Gasteiger charge is 2.08. The van der Waals surface area contributed by atoms with Crippen molar-refractivity contribution < 1.29 is 0 Å². The van der Waals surface area contributed by atoms with Crippen molar-refractivity contribution in [2.45, 2.75) is 19.8 Å². The molecule has 0 saturated carbocycles. The van der Waals surface area contributed by atoms with Crippen molar-refractivity contribution in [2.24, 2.45) is 0 Å². The second-order valence-corrected chi connectivity index (χ2v) is 5.24. The molecule has 0 unspecified atom stereocenters. The maximum atomic E-state index is 6.22. The molecule has 0 aliphatic heterocycles. The maximum Gasteiger partial charge on any atom is 0.125 e. The van der Waals surface area contributed by atoms with Crippen LogP contribution in [0.4, 0.5) is 0 Å². The summed E-state index contributed by atoms with van der Waals surface area (Å²) in [7, 11) is 0.